The van der Waals surface area contributed by atoms with Gasteiger partial charge in [0.15, 0.2) is 0 Å². The van der Waals surface area contributed by atoms with Gasteiger partial charge in [0.2, 0.25) is 0 Å². The second-order valence-corrected chi connectivity index (χ2v) is 5.13. The molecule has 2 rings (SSSR count). The van der Waals surface area contributed by atoms with Crippen molar-refractivity contribution in [3.63, 3.8) is 0 Å². The zero-order valence-corrected chi connectivity index (χ0v) is 10.4. The maximum Gasteiger partial charge on any atom is 0.309 e. The fourth-order valence-corrected chi connectivity index (χ4v) is 2.12. The molecule has 3 nitrogen and oxygen atoms in total. The van der Waals surface area contributed by atoms with Crippen molar-refractivity contribution in [1.29, 1.82) is 0 Å². The first-order chi connectivity index (χ1) is 8.06. The number of hydrogen-bond donors (Lipinski definition) is 1. The third kappa shape index (κ3) is 2.86. The van der Waals surface area contributed by atoms with Crippen LogP contribution < -0.4 is 0 Å². The Kier molecular flexibility index (Phi) is 3.48. The minimum atomic E-state index is -0.670. The normalized spacial score (nSPS) is 17.1. The van der Waals surface area contributed by atoms with E-state index in [0.717, 1.165) is 6.54 Å². The minimum absolute atomic E-state index is 0.162. The zero-order valence-electron chi connectivity index (χ0n) is 10.4. The van der Waals surface area contributed by atoms with Gasteiger partial charge in [0.25, 0.3) is 0 Å². The molecule has 0 spiro atoms. The number of benzene rings is 1. The van der Waals surface area contributed by atoms with Gasteiger partial charge in [-0.05, 0) is 17.0 Å². The van der Waals surface area contributed by atoms with Gasteiger partial charge in [-0.3, -0.25) is 9.69 Å². The van der Waals surface area contributed by atoms with E-state index < -0.39 is 5.97 Å². The highest BCUT2D eigenvalue weighted by molar-refractivity contribution is 5.71. The van der Waals surface area contributed by atoms with E-state index in [4.69, 9.17) is 5.11 Å². The molecule has 1 N–H and O–H groups in total. The van der Waals surface area contributed by atoms with Crippen LogP contribution in [-0.2, 0) is 11.3 Å². The molecule has 1 aliphatic heterocycles. The first-order valence-corrected chi connectivity index (χ1v) is 6.10. The van der Waals surface area contributed by atoms with Crippen LogP contribution >= 0.6 is 0 Å². The Hall–Kier alpha value is -1.35. The van der Waals surface area contributed by atoms with Crippen LogP contribution in [0.25, 0.3) is 0 Å². The summed E-state index contributed by atoms with van der Waals surface area (Å²) >= 11 is 0. The molecule has 0 saturated carbocycles. The second kappa shape index (κ2) is 4.88. The topological polar surface area (TPSA) is 40.5 Å². The molecular formula is C14H19NO2. The number of rotatable bonds is 4. The quantitative estimate of drug-likeness (QED) is 0.867. The summed E-state index contributed by atoms with van der Waals surface area (Å²) in [5.41, 5.74) is 2.61. The number of carbonyl (C=O) groups is 1. The number of carboxylic acids is 1. The molecule has 0 aromatic heterocycles. The van der Waals surface area contributed by atoms with Gasteiger partial charge in [0, 0.05) is 19.6 Å². The Labute approximate surface area is 102 Å². The van der Waals surface area contributed by atoms with Crippen molar-refractivity contribution in [3.05, 3.63) is 35.4 Å². The Morgan fingerprint density at radius 3 is 2.41 bits per heavy atom. The lowest BCUT2D eigenvalue weighted by Crippen LogP contribution is -2.49. The standard InChI is InChI=1S/C14H19NO2/c1-10(2)12-5-3-11(4-6-12)7-15-8-13(9-15)14(16)17/h3-6,10,13H,7-9H2,1-2H3,(H,16,17). The van der Waals surface area contributed by atoms with E-state index in [9.17, 15) is 4.79 Å². The predicted molar refractivity (Wildman–Crippen MR) is 66.9 cm³/mol. The predicted octanol–water partition coefficient (Wildman–Crippen LogP) is 2.33. The van der Waals surface area contributed by atoms with E-state index in [2.05, 4.69) is 43.0 Å². The summed E-state index contributed by atoms with van der Waals surface area (Å²) < 4.78 is 0. The Morgan fingerprint density at radius 2 is 1.94 bits per heavy atom. The first-order valence-electron chi connectivity index (χ1n) is 6.10. The number of likely N-dealkylation sites (tertiary alicyclic amines) is 1. The molecule has 1 heterocycles. The maximum absolute atomic E-state index is 10.7. The third-order valence-corrected chi connectivity index (χ3v) is 3.36. The average molecular weight is 233 g/mol. The van der Waals surface area contributed by atoms with Gasteiger partial charge in [-0.25, -0.2) is 0 Å². The van der Waals surface area contributed by atoms with Gasteiger partial charge in [0.05, 0.1) is 5.92 Å². The van der Waals surface area contributed by atoms with Crippen molar-refractivity contribution in [3.8, 4) is 0 Å². The van der Waals surface area contributed by atoms with E-state index in [0.29, 0.717) is 19.0 Å². The molecule has 0 unspecified atom stereocenters. The van der Waals surface area contributed by atoms with Crippen molar-refractivity contribution in [2.45, 2.75) is 26.3 Å². The molecule has 0 atom stereocenters. The molecule has 0 aliphatic carbocycles. The second-order valence-electron chi connectivity index (χ2n) is 5.13. The van der Waals surface area contributed by atoms with Crippen LogP contribution in [0.5, 0.6) is 0 Å². The first kappa shape index (κ1) is 12.1. The van der Waals surface area contributed by atoms with E-state index >= 15 is 0 Å². The average Bonchev–Trinajstić information content (AvgIpc) is 2.23. The van der Waals surface area contributed by atoms with Crippen LogP contribution in [-0.4, -0.2) is 29.1 Å². The van der Waals surface area contributed by atoms with Crippen LogP contribution in [0.1, 0.15) is 30.9 Å². The summed E-state index contributed by atoms with van der Waals surface area (Å²) in [6, 6.07) is 8.61. The molecule has 0 amide bonds. The van der Waals surface area contributed by atoms with Crippen molar-refractivity contribution < 1.29 is 9.90 Å². The van der Waals surface area contributed by atoms with Crippen molar-refractivity contribution in [2.75, 3.05) is 13.1 Å². The lowest BCUT2D eigenvalue weighted by atomic mass is 9.98. The van der Waals surface area contributed by atoms with Gasteiger partial charge < -0.3 is 5.11 Å². The molecular weight excluding hydrogens is 214 g/mol. The molecule has 1 saturated heterocycles. The van der Waals surface area contributed by atoms with Gasteiger partial charge >= 0.3 is 5.97 Å². The molecule has 1 aromatic carbocycles. The van der Waals surface area contributed by atoms with E-state index in [-0.39, 0.29) is 5.92 Å². The molecule has 0 radical (unpaired) electrons. The number of aliphatic carboxylic acids is 1. The fraction of sp³-hybridized carbons (Fsp3) is 0.500. The van der Waals surface area contributed by atoms with E-state index in [1.54, 1.807) is 0 Å². The highest BCUT2D eigenvalue weighted by Gasteiger charge is 2.31. The van der Waals surface area contributed by atoms with Gasteiger partial charge in [-0.1, -0.05) is 38.1 Å². The molecule has 1 aliphatic rings. The van der Waals surface area contributed by atoms with Crippen LogP contribution in [0.3, 0.4) is 0 Å². The summed E-state index contributed by atoms with van der Waals surface area (Å²) in [6.07, 6.45) is 0. The third-order valence-electron chi connectivity index (χ3n) is 3.36. The van der Waals surface area contributed by atoms with Gasteiger partial charge in [0.1, 0.15) is 0 Å². The molecule has 17 heavy (non-hydrogen) atoms. The molecule has 0 bridgehead atoms. The number of hydrogen-bond acceptors (Lipinski definition) is 2. The summed E-state index contributed by atoms with van der Waals surface area (Å²) in [4.78, 5) is 12.8. The summed E-state index contributed by atoms with van der Waals surface area (Å²) in [5, 5.41) is 8.79. The van der Waals surface area contributed by atoms with Crippen LogP contribution in [0.2, 0.25) is 0 Å². The molecule has 92 valence electrons. The Balaban J connectivity index is 1.86. The Morgan fingerprint density at radius 1 is 1.35 bits per heavy atom. The van der Waals surface area contributed by atoms with E-state index in [1.165, 1.54) is 11.1 Å². The van der Waals surface area contributed by atoms with Crippen LogP contribution in [0.4, 0.5) is 0 Å². The van der Waals surface area contributed by atoms with Gasteiger partial charge in [-0.15, -0.1) is 0 Å². The SMILES string of the molecule is CC(C)c1ccc(CN2CC(C(=O)O)C2)cc1. The largest absolute Gasteiger partial charge is 0.481 e. The summed E-state index contributed by atoms with van der Waals surface area (Å²) in [5.74, 6) is -0.272. The lowest BCUT2D eigenvalue weighted by Gasteiger charge is -2.36. The zero-order chi connectivity index (χ0) is 12.4. The Bertz CT molecular complexity index is 391. The molecule has 1 aromatic rings. The highest BCUT2D eigenvalue weighted by Crippen LogP contribution is 2.20. The lowest BCUT2D eigenvalue weighted by molar-refractivity contribution is -0.147. The minimum Gasteiger partial charge on any atom is -0.481 e. The fourth-order valence-electron chi connectivity index (χ4n) is 2.12. The highest BCUT2D eigenvalue weighted by atomic mass is 16.4. The molecule has 3 heteroatoms. The molecule has 1 fully saturated rings. The maximum atomic E-state index is 10.7. The number of nitrogens with zero attached hydrogens (tertiary/aromatic N) is 1. The van der Waals surface area contributed by atoms with E-state index in [1.807, 2.05) is 0 Å². The van der Waals surface area contributed by atoms with Crippen LogP contribution in [0.15, 0.2) is 24.3 Å². The van der Waals surface area contributed by atoms with Crippen LogP contribution in [0, 0.1) is 5.92 Å². The summed E-state index contributed by atoms with van der Waals surface area (Å²) in [7, 11) is 0. The van der Waals surface area contributed by atoms with Crippen molar-refractivity contribution in [2.24, 2.45) is 5.92 Å². The van der Waals surface area contributed by atoms with Crippen molar-refractivity contribution >= 4 is 5.97 Å². The smallest absolute Gasteiger partial charge is 0.309 e. The number of carboxylic acid groups (broad SMARTS) is 1. The van der Waals surface area contributed by atoms with Gasteiger partial charge in [-0.2, -0.15) is 0 Å². The van der Waals surface area contributed by atoms with Crippen molar-refractivity contribution in [1.82, 2.24) is 4.90 Å². The summed E-state index contributed by atoms with van der Waals surface area (Å²) in [6.45, 7) is 6.59. The monoisotopic (exact) mass is 233 g/mol.